The van der Waals surface area contributed by atoms with Gasteiger partial charge in [0.2, 0.25) is 0 Å². The van der Waals surface area contributed by atoms with Crippen LogP contribution < -0.4 is 5.73 Å². The topological polar surface area (TPSA) is 63.3 Å². The van der Waals surface area contributed by atoms with E-state index < -0.39 is 5.97 Å². The van der Waals surface area contributed by atoms with Crippen molar-refractivity contribution >= 4 is 5.97 Å². The van der Waals surface area contributed by atoms with Crippen LogP contribution in [-0.2, 0) is 4.79 Å². The summed E-state index contributed by atoms with van der Waals surface area (Å²) in [6.45, 7) is 6.50. The van der Waals surface area contributed by atoms with Crippen LogP contribution in [0.15, 0.2) is 0 Å². The largest absolute Gasteiger partial charge is 0.481 e. The average Bonchev–Trinajstić information content (AvgIpc) is 1.99. The van der Waals surface area contributed by atoms with Gasteiger partial charge in [-0.2, -0.15) is 0 Å². The zero-order chi connectivity index (χ0) is 9.78. The molecule has 1 unspecified atom stereocenters. The maximum atomic E-state index is 10.6. The predicted molar refractivity (Wildman–Crippen MR) is 48.9 cm³/mol. The zero-order valence-electron chi connectivity index (χ0n) is 8.13. The van der Waals surface area contributed by atoms with E-state index in [1.807, 2.05) is 20.8 Å². The third-order valence-electron chi connectivity index (χ3n) is 2.84. The first-order valence-electron chi connectivity index (χ1n) is 4.40. The van der Waals surface area contributed by atoms with E-state index >= 15 is 0 Å². The Balaban J connectivity index is 4.46. The van der Waals surface area contributed by atoms with E-state index in [9.17, 15) is 4.79 Å². The van der Waals surface area contributed by atoms with Gasteiger partial charge in [-0.1, -0.05) is 20.8 Å². The number of nitrogens with two attached hydrogens (primary N) is 1. The molecule has 0 saturated heterocycles. The second-order valence-corrected chi connectivity index (χ2v) is 3.65. The summed E-state index contributed by atoms with van der Waals surface area (Å²) < 4.78 is 0. The lowest BCUT2D eigenvalue weighted by atomic mass is 9.72. The normalized spacial score (nSPS) is 16.1. The second-order valence-electron chi connectivity index (χ2n) is 3.65. The predicted octanol–water partition coefficient (Wildman–Crippen LogP) is 1.47. The fourth-order valence-electron chi connectivity index (χ4n) is 1.49. The minimum Gasteiger partial charge on any atom is -0.481 e. The van der Waals surface area contributed by atoms with Gasteiger partial charge in [-0.15, -0.1) is 0 Å². The van der Waals surface area contributed by atoms with Gasteiger partial charge in [0.25, 0.3) is 0 Å². The highest BCUT2D eigenvalue weighted by Crippen LogP contribution is 2.33. The van der Waals surface area contributed by atoms with Crippen LogP contribution in [0.1, 0.15) is 33.6 Å². The van der Waals surface area contributed by atoms with Crippen molar-refractivity contribution in [3.05, 3.63) is 0 Å². The van der Waals surface area contributed by atoms with Crippen molar-refractivity contribution in [1.29, 1.82) is 0 Å². The van der Waals surface area contributed by atoms with Gasteiger partial charge in [0, 0.05) is 0 Å². The summed E-state index contributed by atoms with van der Waals surface area (Å²) in [5.74, 6) is -0.431. The molecular weight excluding hydrogens is 154 g/mol. The standard InChI is InChI=1S/C9H19NO2/c1-4-9(6-10,7(2)3)5-8(11)12/h7H,4-6,10H2,1-3H3,(H,11,12). The van der Waals surface area contributed by atoms with Gasteiger partial charge in [0.1, 0.15) is 0 Å². The molecule has 0 aliphatic heterocycles. The quantitative estimate of drug-likeness (QED) is 0.661. The molecule has 0 rings (SSSR count). The van der Waals surface area contributed by atoms with Gasteiger partial charge in [0.15, 0.2) is 0 Å². The molecule has 3 nitrogen and oxygen atoms in total. The Morgan fingerprint density at radius 1 is 1.58 bits per heavy atom. The summed E-state index contributed by atoms with van der Waals surface area (Å²) >= 11 is 0. The van der Waals surface area contributed by atoms with Gasteiger partial charge in [-0.3, -0.25) is 4.79 Å². The lowest BCUT2D eigenvalue weighted by molar-refractivity contribution is -0.140. The smallest absolute Gasteiger partial charge is 0.303 e. The van der Waals surface area contributed by atoms with E-state index in [1.165, 1.54) is 0 Å². The monoisotopic (exact) mass is 173 g/mol. The van der Waals surface area contributed by atoms with Crippen LogP contribution in [0.4, 0.5) is 0 Å². The van der Waals surface area contributed by atoms with Crippen molar-refractivity contribution in [3.8, 4) is 0 Å². The van der Waals surface area contributed by atoms with Gasteiger partial charge in [-0.05, 0) is 24.3 Å². The SMILES string of the molecule is CCC(CN)(CC(=O)O)C(C)C. The molecule has 12 heavy (non-hydrogen) atoms. The number of carbonyl (C=O) groups is 1. The van der Waals surface area contributed by atoms with Crippen LogP contribution in [0.25, 0.3) is 0 Å². The van der Waals surface area contributed by atoms with Crippen LogP contribution >= 0.6 is 0 Å². The van der Waals surface area contributed by atoms with Gasteiger partial charge in [0.05, 0.1) is 6.42 Å². The van der Waals surface area contributed by atoms with E-state index in [0.717, 1.165) is 6.42 Å². The molecular formula is C9H19NO2. The fourth-order valence-corrected chi connectivity index (χ4v) is 1.49. The molecule has 0 amide bonds. The molecule has 0 aromatic carbocycles. The van der Waals surface area contributed by atoms with Gasteiger partial charge >= 0.3 is 5.97 Å². The maximum Gasteiger partial charge on any atom is 0.303 e. The Bertz CT molecular complexity index is 151. The van der Waals surface area contributed by atoms with Crippen molar-refractivity contribution in [1.82, 2.24) is 0 Å². The molecule has 0 saturated carbocycles. The van der Waals surface area contributed by atoms with E-state index in [1.54, 1.807) is 0 Å². The molecule has 3 N–H and O–H groups in total. The summed E-state index contributed by atoms with van der Waals surface area (Å²) in [4.78, 5) is 10.6. The number of carboxylic acid groups (broad SMARTS) is 1. The van der Waals surface area contributed by atoms with Crippen LogP contribution in [-0.4, -0.2) is 17.6 Å². The second kappa shape index (κ2) is 4.45. The van der Waals surface area contributed by atoms with Gasteiger partial charge in [-0.25, -0.2) is 0 Å². The lowest BCUT2D eigenvalue weighted by Crippen LogP contribution is -2.37. The molecule has 0 aliphatic carbocycles. The maximum absolute atomic E-state index is 10.6. The molecule has 1 atom stereocenters. The van der Waals surface area contributed by atoms with Crippen LogP contribution in [0.2, 0.25) is 0 Å². The Morgan fingerprint density at radius 3 is 2.17 bits per heavy atom. The van der Waals surface area contributed by atoms with Crippen molar-refractivity contribution < 1.29 is 9.90 Å². The average molecular weight is 173 g/mol. The number of hydrogen-bond acceptors (Lipinski definition) is 2. The number of aliphatic carboxylic acids is 1. The minimum atomic E-state index is -0.754. The third-order valence-corrected chi connectivity index (χ3v) is 2.84. The zero-order valence-corrected chi connectivity index (χ0v) is 8.13. The van der Waals surface area contributed by atoms with Crippen molar-refractivity contribution in [2.24, 2.45) is 17.1 Å². The molecule has 0 bridgehead atoms. The number of carboxylic acids is 1. The number of rotatable bonds is 5. The summed E-state index contributed by atoms with van der Waals surface area (Å²) in [5.41, 5.74) is 5.39. The van der Waals surface area contributed by atoms with E-state index in [2.05, 4.69) is 0 Å². The molecule has 0 aromatic rings. The highest BCUT2D eigenvalue weighted by atomic mass is 16.4. The molecule has 0 aromatic heterocycles. The first kappa shape index (κ1) is 11.4. The first-order chi connectivity index (χ1) is 5.48. The Hall–Kier alpha value is -0.570. The highest BCUT2D eigenvalue weighted by molar-refractivity contribution is 5.67. The Kier molecular flexibility index (Phi) is 4.24. The van der Waals surface area contributed by atoms with E-state index in [0.29, 0.717) is 12.5 Å². The summed E-state index contributed by atoms with van der Waals surface area (Å²) in [6, 6.07) is 0. The highest BCUT2D eigenvalue weighted by Gasteiger charge is 2.32. The third kappa shape index (κ3) is 2.48. The molecule has 3 heteroatoms. The van der Waals surface area contributed by atoms with E-state index in [4.69, 9.17) is 10.8 Å². The molecule has 0 heterocycles. The minimum absolute atomic E-state index is 0.178. The first-order valence-corrected chi connectivity index (χ1v) is 4.40. The van der Waals surface area contributed by atoms with Crippen molar-refractivity contribution in [2.75, 3.05) is 6.54 Å². The molecule has 0 aliphatic rings. The van der Waals surface area contributed by atoms with Crippen molar-refractivity contribution in [2.45, 2.75) is 33.6 Å². The lowest BCUT2D eigenvalue weighted by Gasteiger charge is -2.34. The fraction of sp³-hybridized carbons (Fsp3) is 0.889. The van der Waals surface area contributed by atoms with Crippen LogP contribution in [0, 0.1) is 11.3 Å². The van der Waals surface area contributed by atoms with E-state index in [-0.39, 0.29) is 11.8 Å². The van der Waals surface area contributed by atoms with Gasteiger partial charge < -0.3 is 10.8 Å². The van der Waals surface area contributed by atoms with Crippen molar-refractivity contribution in [3.63, 3.8) is 0 Å². The summed E-state index contributed by atoms with van der Waals surface area (Å²) in [7, 11) is 0. The molecule has 0 radical (unpaired) electrons. The van der Waals surface area contributed by atoms with Crippen LogP contribution in [0.3, 0.4) is 0 Å². The number of hydrogen-bond donors (Lipinski definition) is 2. The Morgan fingerprint density at radius 2 is 2.08 bits per heavy atom. The molecule has 0 fully saturated rings. The Labute approximate surface area is 74.0 Å². The summed E-state index contributed by atoms with van der Waals surface area (Å²) in [6.07, 6.45) is 1.01. The van der Waals surface area contributed by atoms with Crippen LogP contribution in [0.5, 0.6) is 0 Å². The molecule has 0 spiro atoms. The summed E-state index contributed by atoms with van der Waals surface area (Å²) in [5, 5.41) is 8.70. The molecule has 72 valence electrons.